The maximum absolute atomic E-state index is 12.7. The van der Waals surface area contributed by atoms with E-state index in [1.807, 2.05) is 35.2 Å². The molecule has 2 atom stereocenters. The molecule has 0 spiro atoms. The van der Waals surface area contributed by atoms with Gasteiger partial charge < -0.3 is 20.6 Å². The third kappa shape index (κ3) is 8.10. The fraction of sp³-hybridized carbons (Fsp3) is 0.625. The molecule has 3 rings (SSSR count). The summed E-state index contributed by atoms with van der Waals surface area (Å²) in [5.41, 5.74) is 0.937. The zero-order valence-corrected chi connectivity index (χ0v) is 19.4. The Balaban J connectivity index is 0.00000363. The molecule has 0 aromatic heterocycles. The van der Waals surface area contributed by atoms with Crippen molar-refractivity contribution in [2.45, 2.75) is 44.9 Å². The molecule has 7 nitrogen and oxygen atoms in total. The summed E-state index contributed by atoms with van der Waals surface area (Å²) in [5, 5.41) is 15.7. The first kappa shape index (κ1) is 26.1. The Labute approximate surface area is 196 Å². The molecule has 1 unspecified atom stereocenters. The third-order valence-corrected chi connectivity index (χ3v) is 6.57. The molecular weight excluding hydrogens is 430 g/mol. The van der Waals surface area contributed by atoms with Gasteiger partial charge in [0, 0.05) is 26.1 Å². The van der Waals surface area contributed by atoms with Crippen molar-refractivity contribution in [3.8, 4) is 0 Å². The fourth-order valence-electron chi connectivity index (χ4n) is 4.59. The molecule has 2 heterocycles. The van der Waals surface area contributed by atoms with Gasteiger partial charge in [0.2, 0.25) is 11.8 Å². The first-order valence-corrected chi connectivity index (χ1v) is 11.6. The van der Waals surface area contributed by atoms with Crippen molar-refractivity contribution in [3.05, 3.63) is 35.9 Å². The number of carbonyl (C=O) groups excluding carboxylic acids is 2. The first-order valence-electron chi connectivity index (χ1n) is 11.6. The molecule has 2 aliphatic rings. The number of nitrogens with zero attached hydrogens (tertiary/aromatic N) is 1. The molecule has 2 amide bonds. The number of nitrogens with one attached hydrogen (secondary N) is 2. The molecule has 0 radical (unpaired) electrons. The van der Waals surface area contributed by atoms with Crippen LogP contribution in [0.5, 0.6) is 0 Å². The van der Waals surface area contributed by atoms with Gasteiger partial charge in [-0.2, -0.15) is 0 Å². The highest BCUT2D eigenvalue weighted by molar-refractivity contribution is 5.85. The van der Waals surface area contributed by atoms with Gasteiger partial charge in [-0.25, -0.2) is 0 Å². The van der Waals surface area contributed by atoms with Gasteiger partial charge in [0.05, 0.1) is 11.8 Å². The number of benzene rings is 1. The molecule has 2 aliphatic heterocycles. The van der Waals surface area contributed by atoms with Crippen molar-refractivity contribution in [1.82, 2.24) is 15.5 Å². The van der Waals surface area contributed by atoms with Crippen LogP contribution in [0.2, 0.25) is 0 Å². The predicted octanol–water partition coefficient (Wildman–Crippen LogP) is 2.49. The van der Waals surface area contributed by atoms with Crippen LogP contribution in [0.15, 0.2) is 30.3 Å². The maximum atomic E-state index is 12.7. The quantitative estimate of drug-likeness (QED) is 0.520. The Morgan fingerprint density at radius 1 is 1.12 bits per heavy atom. The molecular formula is C24H36ClN3O4. The number of amides is 2. The fourth-order valence-corrected chi connectivity index (χ4v) is 4.59. The minimum atomic E-state index is -0.914. The van der Waals surface area contributed by atoms with Gasteiger partial charge in [-0.15, -0.1) is 12.4 Å². The van der Waals surface area contributed by atoms with Crippen molar-refractivity contribution >= 4 is 30.2 Å². The second kappa shape index (κ2) is 13.4. The van der Waals surface area contributed by atoms with Crippen LogP contribution in [0.25, 0.3) is 0 Å². The van der Waals surface area contributed by atoms with Crippen LogP contribution in [-0.2, 0) is 20.8 Å². The van der Waals surface area contributed by atoms with E-state index in [0.29, 0.717) is 31.8 Å². The summed E-state index contributed by atoms with van der Waals surface area (Å²) in [5.74, 6) is -1.23. The van der Waals surface area contributed by atoms with Crippen molar-refractivity contribution in [2.24, 2.45) is 17.8 Å². The minimum Gasteiger partial charge on any atom is -0.481 e. The third-order valence-electron chi connectivity index (χ3n) is 6.57. The van der Waals surface area contributed by atoms with Gasteiger partial charge in [0.25, 0.3) is 0 Å². The predicted molar refractivity (Wildman–Crippen MR) is 126 cm³/mol. The summed E-state index contributed by atoms with van der Waals surface area (Å²) in [6.07, 6.45) is 5.66. The monoisotopic (exact) mass is 465 g/mol. The van der Waals surface area contributed by atoms with Crippen LogP contribution < -0.4 is 10.6 Å². The summed E-state index contributed by atoms with van der Waals surface area (Å²) in [7, 11) is 0. The lowest BCUT2D eigenvalue weighted by Crippen LogP contribution is -2.46. The van der Waals surface area contributed by atoms with Crippen LogP contribution >= 0.6 is 12.4 Å². The number of hydrogen-bond donors (Lipinski definition) is 3. The summed E-state index contributed by atoms with van der Waals surface area (Å²) in [4.78, 5) is 38.8. The number of aliphatic carboxylic acids is 1. The van der Waals surface area contributed by atoms with Crippen LogP contribution in [0.3, 0.4) is 0 Å². The summed E-state index contributed by atoms with van der Waals surface area (Å²) < 4.78 is 0. The lowest BCUT2D eigenvalue weighted by atomic mass is 9.92. The number of likely N-dealkylation sites (tertiary alicyclic amines) is 1. The summed E-state index contributed by atoms with van der Waals surface area (Å²) in [6.45, 7) is 3.32. The van der Waals surface area contributed by atoms with Crippen molar-refractivity contribution in [2.75, 3.05) is 32.7 Å². The average Bonchev–Trinajstić information content (AvgIpc) is 2.81. The lowest BCUT2D eigenvalue weighted by molar-refractivity contribution is -0.141. The van der Waals surface area contributed by atoms with E-state index in [9.17, 15) is 19.5 Å². The zero-order valence-electron chi connectivity index (χ0n) is 18.6. The number of piperidine rings is 2. The van der Waals surface area contributed by atoms with E-state index < -0.39 is 11.9 Å². The number of hydrogen-bond acceptors (Lipinski definition) is 4. The topological polar surface area (TPSA) is 98.7 Å². The van der Waals surface area contributed by atoms with Crippen molar-refractivity contribution in [3.63, 3.8) is 0 Å². The van der Waals surface area contributed by atoms with Crippen LogP contribution in [0.1, 0.15) is 44.1 Å². The molecule has 1 aromatic rings. The Bertz CT molecular complexity index is 740. The van der Waals surface area contributed by atoms with Gasteiger partial charge in [0.1, 0.15) is 0 Å². The van der Waals surface area contributed by atoms with Gasteiger partial charge in [-0.1, -0.05) is 30.3 Å². The van der Waals surface area contributed by atoms with Crippen LogP contribution in [-0.4, -0.2) is 60.5 Å². The highest BCUT2D eigenvalue weighted by Gasteiger charge is 2.29. The van der Waals surface area contributed by atoms with Crippen LogP contribution in [0.4, 0.5) is 0 Å². The van der Waals surface area contributed by atoms with E-state index in [-0.39, 0.29) is 36.7 Å². The standard InChI is InChI=1S/C24H35N3O4.ClH/c28-22(9-8-18-10-12-25-13-11-18)27-14-4-7-20(17-27)23(29)26-16-21(24(30)31)15-19-5-2-1-3-6-19;/h1-3,5-6,18,20-21,25H,4,7-17H2,(H,26,29)(H,30,31);1H/t20-,21?;/m1./s1. The summed E-state index contributed by atoms with van der Waals surface area (Å²) in [6, 6.07) is 9.44. The molecule has 3 N–H and O–H groups in total. The number of rotatable bonds is 9. The smallest absolute Gasteiger partial charge is 0.308 e. The average molecular weight is 466 g/mol. The number of halogens is 1. The molecule has 8 heteroatoms. The lowest BCUT2D eigenvalue weighted by Gasteiger charge is -2.33. The van der Waals surface area contributed by atoms with Gasteiger partial charge in [0.15, 0.2) is 0 Å². The number of carboxylic acids is 1. The van der Waals surface area contributed by atoms with Gasteiger partial charge in [-0.3, -0.25) is 14.4 Å². The van der Waals surface area contributed by atoms with E-state index in [4.69, 9.17) is 0 Å². The molecule has 2 saturated heterocycles. The molecule has 32 heavy (non-hydrogen) atoms. The molecule has 0 bridgehead atoms. The molecule has 178 valence electrons. The van der Waals surface area contributed by atoms with E-state index in [0.717, 1.165) is 50.8 Å². The molecule has 2 fully saturated rings. The second-order valence-corrected chi connectivity index (χ2v) is 8.88. The highest BCUT2D eigenvalue weighted by Crippen LogP contribution is 2.21. The Morgan fingerprint density at radius 3 is 2.53 bits per heavy atom. The summed E-state index contributed by atoms with van der Waals surface area (Å²) >= 11 is 0. The zero-order chi connectivity index (χ0) is 22.1. The van der Waals surface area contributed by atoms with E-state index in [2.05, 4.69) is 10.6 Å². The van der Waals surface area contributed by atoms with Crippen LogP contribution in [0, 0.1) is 17.8 Å². The second-order valence-electron chi connectivity index (χ2n) is 8.88. The Hall–Kier alpha value is -2.12. The van der Waals surface area contributed by atoms with Crippen molar-refractivity contribution in [1.29, 1.82) is 0 Å². The molecule has 1 aromatic carbocycles. The number of carbonyl (C=O) groups is 3. The normalized spacial score (nSPS) is 20.1. The molecule has 0 saturated carbocycles. The van der Waals surface area contributed by atoms with Gasteiger partial charge in [-0.05, 0) is 63.1 Å². The first-order chi connectivity index (χ1) is 15.0. The maximum Gasteiger partial charge on any atom is 0.308 e. The number of carboxylic acid groups (broad SMARTS) is 1. The highest BCUT2D eigenvalue weighted by atomic mass is 35.5. The van der Waals surface area contributed by atoms with E-state index >= 15 is 0 Å². The Morgan fingerprint density at radius 2 is 1.84 bits per heavy atom. The Kier molecular flexibility index (Phi) is 11.0. The van der Waals surface area contributed by atoms with Crippen molar-refractivity contribution < 1.29 is 19.5 Å². The van der Waals surface area contributed by atoms with E-state index in [1.54, 1.807) is 0 Å². The minimum absolute atomic E-state index is 0. The molecule has 0 aliphatic carbocycles. The van der Waals surface area contributed by atoms with E-state index in [1.165, 1.54) is 0 Å². The van der Waals surface area contributed by atoms with Gasteiger partial charge >= 0.3 is 5.97 Å². The largest absolute Gasteiger partial charge is 0.481 e. The SMILES string of the molecule is Cl.O=C(O)C(CNC(=O)[C@@H]1CCCN(C(=O)CCC2CCNCC2)C1)Cc1ccccc1.